The van der Waals surface area contributed by atoms with Crippen molar-refractivity contribution < 1.29 is 24.9 Å². The number of carboxylic acids is 1. The summed E-state index contributed by atoms with van der Waals surface area (Å²) in [6.45, 7) is 1.65. The highest BCUT2D eigenvalue weighted by Crippen LogP contribution is 2.26. The Bertz CT molecular complexity index is 438. The standard InChI is InChI=1S/C12H15NO5/c1-7(5-6-10(16)17)13-12(18)11-8(14)3-2-4-9(11)15/h2-4,7,14-15H,5-6H2,1H3,(H,13,18)(H,16,17). The molecule has 1 atom stereocenters. The minimum Gasteiger partial charge on any atom is -0.507 e. The van der Waals surface area contributed by atoms with E-state index >= 15 is 0 Å². The topological polar surface area (TPSA) is 107 Å². The van der Waals surface area contributed by atoms with E-state index in [2.05, 4.69) is 5.32 Å². The summed E-state index contributed by atoms with van der Waals surface area (Å²) in [7, 11) is 0. The Labute approximate surface area is 104 Å². The zero-order chi connectivity index (χ0) is 13.7. The minimum atomic E-state index is -0.943. The second-order valence-corrected chi connectivity index (χ2v) is 3.98. The third-order valence-electron chi connectivity index (χ3n) is 2.42. The highest BCUT2D eigenvalue weighted by molar-refractivity contribution is 5.99. The predicted octanol–water partition coefficient (Wildman–Crippen LogP) is 1.08. The van der Waals surface area contributed by atoms with Crippen molar-refractivity contribution in [3.8, 4) is 11.5 Å². The minimum absolute atomic E-state index is 0.0613. The molecule has 0 aliphatic heterocycles. The summed E-state index contributed by atoms with van der Waals surface area (Å²) in [4.78, 5) is 22.1. The van der Waals surface area contributed by atoms with Gasteiger partial charge < -0.3 is 20.6 Å². The fourth-order valence-corrected chi connectivity index (χ4v) is 1.47. The monoisotopic (exact) mass is 253 g/mol. The maximum absolute atomic E-state index is 11.8. The molecule has 0 spiro atoms. The molecule has 0 aromatic heterocycles. The molecule has 0 aliphatic carbocycles. The number of rotatable bonds is 5. The Kier molecular flexibility index (Phi) is 4.53. The van der Waals surface area contributed by atoms with E-state index < -0.39 is 11.9 Å². The number of phenols is 2. The van der Waals surface area contributed by atoms with E-state index in [1.165, 1.54) is 18.2 Å². The number of nitrogens with one attached hydrogen (secondary N) is 1. The molecule has 1 rings (SSSR count). The summed E-state index contributed by atoms with van der Waals surface area (Å²) < 4.78 is 0. The number of hydrogen-bond donors (Lipinski definition) is 4. The van der Waals surface area contributed by atoms with E-state index in [1.807, 2.05) is 0 Å². The van der Waals surface area contributed by atoms with E-state index in [0.29, 0.717) is 0 Å². The zero-order valence-corrected chi connectivity index (χ0v) is 9.88. The lowest BCUT2D eigenvalue weighted by Gasteiger charge is -2.14. The maximum atomic E-state index is 11.8. The SMILES string of the molecule is CC(CCC(=O)O)NC(=O)c1c(O)cccc1O. The van der Waals surface area contributed by atoms with Crippen LogP contribution in [0.1, 0.15) is 30.1 Å². The van der Waals surface area contributed by atoms with E-state index in [9.17, 15) is 19.8 Å². The normalized spacial score (nSPS) is 11.8. The molecule has 0 radical (unpaired) electrons. The Balaban J connectivity index is 2.68. The van der Waals surface area contributed by atoms with Gasteiger partial charge in [-0.1, -0.05) is 6.07 Å². The smallest absolute Gasteiger partial charge is 0.303 e. The molecule has 18 heavy (non-hydrogen) atoms. The number of carboxylic acid groups (broad SMARTS) is 1. The Hall–Kier alpha value is -2.24. The van der Waals surface area contributed by atoms with Gasteiger partial charge in [-0.3, -0.25) is 9.59 Å². The van der Waals surface area contributed by atoms with Gasteiger partial charge in [-0.2, -0.15) is 0 Å². The second kappa shape index (κ2) is 5.90. The quantitative estimate of drug-likeness (QED) is 0.628. The van der Waals surface area contributed by atoms with Crippen molar-refractivity contribution >= 4 is 11.9 Å². The van der Waals surface area contributed by atoms with Gasteiger partial charge >= 0.3 is 5.97 Å². The van der Waals surface area contributed by atoms with E-state index in [-0.39, 0.29) is 35.9 Å². The first-order valence-corrected chi connectivity index (χ1v) is 5.45. The van der Waals surface area contributed by atoms with Gasteiger partial charge in [0.05, 0.1) is 0 Å². The van der Waals surface area contributed by atoms with Gasteiger partial charge in [0.2, 0.25) is 0 Å². The fourth-order valence-electron chi connectivity index (χ4n) is 1.47. The van der Waals surface area contributed by atoms with Crippen molar-refractivity contribution in [1.29, 1.82) is 0 Å². The molecule has 1 unspecified atom stereocenters. The highest BCUT2D eigenvalue weighted by atomic mass is 16.4. The van der Waals surface area contributed by atoms with E-state index in [4.69, 9.17) is 5.11 Å². The van der Waals surface area contributed by atoms with Crippen LogP contribution in [0, 0.1) is 0 Å². The predicted molar refractivity (Wildman–Crippen MR) is 63.6 cm³/mol. The molecule has 0 aliphatic rings. The number of carbonyl (C=O) groups excluding carboxylic acids is 1. The Morgan fingerprint density at radius 2 is 1.83 bits per heavy atom. The van der Waals surface area contributed by atoms with Crippen molar-refractivity contribution in [1.82, 2.24) is 5.32 Å². The summed E-state index contributed by atoms with van der Waals surface area (Å²) >= 11 is 0. The van der Waals surface area contributed by atoms with Crippen molar-refractivity contribution in [3.63, 3.8) is 0 Å². The summed E-state index contributed by atoms with van der Waals surface area (Å²) in [5.74, 6) is -2.22. The number of aliphatic carboxylic acids is 1. The number of amides is 1. The molecule has 1 aromatic carbocycles. The number of carbonyl (C=O) groups is 2. The highest BCUT2D eigenvalue weighted by Gasteiger charge is 2.17. The van der Waals surface area contributed by atoms with Crippen LogP contribution >= 0.6 is 0 Å². The summed E-state index contributed by atoms with van der Waals surface area (Å²) in [5, 5.41) is 30.0. The van der Waals surface area contributed by atoms with Crippen LogP contribution in [0.4, 0.5) is 0 Å². The maximum Gasteiger partial charge on any atom is 0.303 e. The van der Waals surface area contributed by atoms with Crippen molar-refractivity contribution in [2.75, 3.05) is 0 Å². The molecule has 6 heteroatoms. The van der Waals surface area contributed by atoms with Crippen LogP contribution in [0.25, 0.3) is 0 Å². The lowest BCUT2D eigenvalue weighted by Crippen LogP contribution is -2.33. The summed E-state index contributed by atoms with van der Waals surface area (Å²) in [6.07, 6.45) is 0.212. The van der Waals surface area contributed by atoms with Crippen LogP contribution in [0.15, 0.2) is 18.2 Å². The third kappa shape index (κ3) is 3.65. The second-order valence-electron chi connectivity index (χ2n) is 3.98. The number of aromatic hydroxyl groups is 2. The first kappa shape index (κ1) is 13.8. The molecule has 0 fully saturated rings. The van der Waals surface area contributed by atoms with Crippen molar-refractivity contribution in [2.24, 2.45) is 0 Å². The molecule has 0 saturated carbocycles. The van der Waals surface area contributed by atoms with Gasteiger partial charge in [-0.25, -0.2) is 0 Å². The van der Waals surface area contributed by atoms with Crippen LogP contribution in [0.3, 0.4) is 0 Å². The van der Waals surface area contributed by atoms with Gasteiger partial charge in [0.25, 0.3) is 5.91 Å². The van der Waals surface area contributed by atoms with Crippen molar-refractivity contribution in [3.05, 3.63) is 23.8 Å². The first-order chi connectivity index (χ1) is 8.41. The van der Waals surface area contributed by atoms with Gasteiger partial charge in [0.1, 0.15) is 17.1 Å². The van der Waals surface area contributed by atoms with Crippen LogP contribution in [-0.2, 0) is 4.79 Å². The molecule has 6 nitrogen and oxygen atoms in total. The fraction of sp³-hybridized carbons (Fsp3) is 0.333. The molecular formula is C12H15NO5. The molecule has 0 heterocycles. The molecule has 0 bridgehead atoms. The van der Waals surface area contributed by atoms with Gasteiger partial charge in [-0.05, 0) is 25.5 Å². The molecule has 1 amide bonds. The van der Waals surface area contributed by atoms with Gasteiger partial charge in [0, 0.05) is 12.5 Å². The molecule has 4 N–H and O–H groups in total. The van der Waals surface area contributed by atoms with Gasteiger partial charge in [0.15, 0.2) is 0 Å². The lowest BCUT2D eigenvalue weighted by atomic mass is 10.1. The molecular weight excluding hydrogens is 238 g/mol. The number of hydrogen-bond acceptors (Lipinski definition) is 4. The van der Waals surface area contributed by atoms with E-state index in [0.717, 1.165) is 0 Å². The molecule has 1 aromatic rings. The number of benzene rings is 1. The summed E-state index contributed by atoms with van der Waals surface area (Å²) in [6, 6.07) is 3.62. The summed E-state index contributed by atoms with van der Waals surface area (Å²) in [5.41, 5.74) is -0.209. The van der Waals surface area contributed by atoms with Crippen LogP contribution in [-0.4, -0.2) is 33.2 Å². The first-order valence-electron chi connectivity index (χ1n) is 5.45. The lowest BCUT2D eigenvalue weighted by molar-refractivity contribution is -0.137. The Morgan fingerprint density at radius 1 is 1.28 bits per heavy atom. The van der Waals surface area contributed by atoms with Gasteiger partial charge in [-0.15, -0.1) is 0 Å². The largest absolute Gasteiger partial charge is 0.507 e. The Morgan fingerprint density at radius 3 is 2.33 bits per heavy atom. The van der Waals surface area contributed by atoms with Crippen LogP contribution < -0.4 is 5.32 Å². The molecule has 98 valence electrons. The average Bonchev–Trinajstić information content (AvgIpc) is 2.26. The molecule has 0 saturated heterocycles. The zero-order valence-electron chi connectivity index (χ0n) is 9.88. The van der Waals surface area contributed by atoms with Crippen LogP contribution in [0.5, 0.6) is 11.5 Å². The average molecular weight is 253 g/mol. The van der Waals surface area contributed by atoms with E-state index in [1.54, 1.807) is 6.92 Å². The number of phenolic OH excluding ortho intramolecular Hbond substituents is 2. The van der Waals surface area contributed by atoms with Crippen molar-refractivity contribution in [2.45, 2.75) is 25.8 Å². The third-order valence-corrected chi connectivity index (χ3v) is 2.42. The van der Waals surface area contributed by atoms with Crippen LogP contribution in [0.2, 0.25) is 0 Å².